The van der Waals surface area contributed by atoms with Gasteiger partial charge >= 0.3 is 6.18 Å². The summed E-state index contributed by atoms with van der Waals surface area (Å²) in [5, 5.41) is 0. The van der Waals surface area contributed by atoms with Crippen LogP contribution in [0, 0.1) is 6.92 Å². The van der Waals surface area contributed by atoms with Gasteiger partial charge in [-0.3, -0.25) is 4.79 Å². The van der Waals surface area contributed by atoms with E-state index in [1.807, 2.05) is 30.9 Å². The molecule has 24 heavy (non-hydrogen) atoms. The molecule has 1 aromatic rings. The average Bonchev–Trinajstić information content (AvgIpc) is 2.52. The van der Waals surface area contributed by atoms with E-state index in [1.165, 1.54) is 4.90 Å². The van der Waals surface area contributed by atoms with Gasteiger partial charge in [0.25, 0.3) is 0 Å². The smallest absolute Gasteiger partial charge is 0.409 e. The van der Waals surface area contributed by atoms with Gasteiger partial charge in [0, 0.05) is 44.4 Å². The molecule has 0 N–H and O–H groups in total. The SMILES string of the molecule is CCOc1cc(C)cc(N2CCN(C(=O)/C=C/C(F)(F)F)CC2)n1. The summed E-state index contributed by atoms with van der Waals surface area (Å²) in [6.07, 6.45) is -3.93. The second-order valence-corrected chi connectivity index (χ2v) is 5.46. The highest BCUT2D eigenvalue weighted by Gasteiger charge is 2.25. The quantitative estimate of drug-likeness (QED) is 0.789. The molecule has 0 unspecified atom stereocenters. The normalized spacial score (nSPS) is 15.9. The number of alkyl halides is 3. The van der Waals surface area contributed by atoms with E-state index in [0.717, 1.165) is 11.4 Å². The number of halogens is 3. The number of aryl methyl sites for hydroxylation is 1. The molecule has 1 aliphatic heterocycles. The summed E-state index contributed by atoms with van der Waals surface area (Å²) >= 11 is 0. The fourth-order valence-electron chi connectivity index (χ4n) is 2.43. The molecular formula is C16H20F3N3O2. The lowest BCUT2D eigenvalue weighted by Crippen LogP contribution is -2.48. The zero-order valence-corrected chi connectivity index (χ0v) is 13.6. The molecule has 132 valence electrons. The van der Waals surface area contributed by atoms with Crippen molar-refractivity contribution in [3.05, 3.63) is 29.8 Å². The maximum atomic E-state index is 12.1. The number of pyridine rings is 1. The van der Waals surface area contributed by atoms with Crippen molar-refractivity contribution in [2.75, 3.05) is 37.7 Å². The summed E-state index contributed by atoms with van der Waals surface area (Å²) in [4.78, 5) is 19.6. The maximum Gasteiger partial charge on any atom is 0.409 e. The molecule has 0 radical (unpaired) electrons. The summed E-state index contributed by atoms with van der Waals surface area (Å²) < 4.78 is 41.8. The average molecular weight is 343 g/mol. The van der Waals surface area contributed by atoms with E-state index in [2.05, 4.69) is 4.98 Å². The van der Waals surface area contributed by atoms with Crippen molar-refractivity contribution >= 4 is 11.7 Å². The van der Waals surface area contributed by atoms with Gasteiger partial charge in [-0.1, -0.05) is 0 Å². The van der Waals surface area contributed by atoms with Crippen LogP contribution in [0.2, 0.25) is 0 Å². The fourth-order valence-corrected chi connectivity index (χ4v) is 2.43. The van der Waals surface area contributed by atoms with Crippen LogP contribution in [-0.2, 0) is 4.79 Å². The molecule has 0 aromatic carbocycles. The molecular weight excluding hydrogens is 323 g/mol. The first kappa shape index (κ1) is 18.1. The molecule has 2 heterocycles. The van der Waals surface area contributed by atoms with Crippen LogP contribution >= 0.6 is 0 Å². The van der Waals surface area contributed by atoms with Gasteiger partial charge in [-0.05, 0) is 25.5 Å². The highest BCUT2D eigenvalue weighted by molar-refractivity contribution is 5.87. The Kier molecular flexibility index (Phi) is 5.69. The predicted molar refractivity (Wildman–Crippen MR) is 84.1 cm³/mol. The third-order valence-corrected chi connectivity index (χ3v) is 3.56. The number of carbonyl (C=O) groups excluding carboxylic acids is 1. The van der Waals surface area contributed by atoms with Crippen LogP contribution in [0.5, 0.6) is 5.88 Å². The van der Waals surface area contributed by atoms with E-state index in [0.29, 0.717) is 44.7 Å². The molecule has 0 bridgehead atoms. The number of hydrogen-bond acceptors (Lipinski definition) is 4. The zero-order valence-electron chi connectivity index (χ0n) is 13.6. The van der Waals surface area contributed by atoms with Crippen LogP contribution in [-0.4, -0.2) is 54.8 Å². The number of aromatic nitrogens is 1. The van der Waals surface area contributed by atoms with Gasteiger partial charge in [-0.15, -0.1) is 0 Å². The number of piperazine rings is 1. The van der Waals surface area contributed by atoms with Gasteiger partial charge in [0.2, 0.25) is 11.8 Å². The zero-order chi connectivity index (χ0) is 17.7. The van der Waals surface area contributed by atoms with Crippen LogP contribution in [0.1, 0.15) is 12.5 Å². The molecule has 1 aliphatic rings. The Balaban J connectivity index is 1.98. The topological polar surface area (TPSA) is 45.7 Å². The second-order valence-electron chi connectivity index (χ2n) is 5.46. The Morgan fingerprint density at radius 1 is 1.29 bits per heavy atom. The number of nitrogens with zero attached hydrogens (tertiary/aromatic N) is 3. The lowest BCUT2D eigenvalue weighted by molar-refractivity contribution is -0.127. The number of ether oxygens (including phenoxy) is 1. The molecule has 0 saturated carbocycles. The number of amides is 1. The molecule has 0 atom stereocenters. The van der Waals surface area contributed by atoms with Gasteiger partial charge in [0.1, 0.15) is 5.82 Å². The van der Waals surface area contributed by atoms with Gasteiger partial charge in [0.05, 0.1) is 6.61 Å². The van der Waals surface area contributed by atoms with Gasteiger partial charge in [0.15, 0.2) is 0 Å². The number of anilines is 1. The van der Waals surface area contributed by atoms with E-state index >= 15 is 0 Å². The lowest BCUT2D eigenvalue weighted by Gasteiger charge is -2.35. The minimum atomic E-state index is -4.47. The van der Waals surface area contributed by atoms with E-state index in [-0.39, 0.29) is 6.08 Å². The van der Waals surface area contributed by atoms with Crippen molar-refractivity contribution in [1.82, 2.24) is 9.88 Å². The number of rotatable bonds is 4. The minimum absolute atomic E-state index is 0.0296. The molecule has 0 spiro atoms. The summed E-state index contributed by atoms with van der Waals surface area (Å²) in [5.41, 5.74) is 1.01. The largest absolute Gasteiger partial charge is 0.478 e. The first-order valence-electron chi connectivity index (χ1n) is 7.70. The van der Waals surface area contributed by atoms with Crippen LogP contribution < -0.4 is 9.64 Å². The molecule has 1 fully saturated rings. The summed E-state index contributed by atoms with van der Waals surface area (Å²) in [7, 11) is 0. The lowest BCUT2D eigenvalue weighted by atomic mass is 10.2. The Hall–Kier alpha value is -2.25. The Morgan fingerprint density at radius 3 is 2.54 bits per heavy atom. The third-order valence-electron chi connectivity index (χ3n) is 3.56. The predicted octanol–water partition coefficient (Wildman–Crippen LogP) is 2.56. The third kappa shape index (κ3) is 5.14. The monoisotopic (exact) mass is 343 g/mol. The number of hydrogen-bond donors (Lipinski definition) is 0. The first-order chi connectivity index (χ1) is 11.3. The molecule has 8 heteroatoms. The van der Waals surface area contributed by atoms with Crippen LogP contribution in [0.3, 0.4) is 0 Å². The summed E-state index contributed by atoms with van der Waals surface area (Å²) in [5.74, 6) is 0.662. The summed E-state index contributed by atoms with van der Waals surface area (Å²) in [6, 6.07) is 3.76. The Bertz CT molecular complexity index is 609. The van der Waals surface area contributed by atoms with Gasteiger partial charge < -0.3 is 14.5 Å². The summed E-state index contributed by atoms with van der Waals surface area (Å²) in [6.45, 7) is 6.05. The van der Waals surface area contributed by atoms with Crippen molar-refractivity contribution in [2.45, 2.75) is 20.0 Å². The van der Waals surface area contributed by atoms with Crippen LogP contribution in [0.15, 0.2) is 24.3 Å². The highest BCUT2D eigenvalue weighted by atomic mass is 19.4. The van der Waals surface area contributed by atoms with E-state index in [4.69, 9.17) is 4.74 Å². The highest BCUT2D eigenvalue weighted by Crippen LogP contribution is 2.21. The Morgan fingerprint density at radius 2 is 1.96 bits per heavy atom. The molecule has 0 aliphatic carbocycles. The first-order valence-corrected chi connectivity index (χ1v) is 7.70. The van der Waals surface area contributed by atoms with E-state index in [1.54, 1.807) is 0 Å². The van der Waals surface area contributed by atoms with Gasteiger partial charge in [-0.25, -0.2) is 0 Å². The van der Waals surface area contributed by atoms with Crippen molar-refractivity contribution in [1.29, 1.82) is 0 Å². The van der Waals surface area contributed by atoms with Crippen molar-refractivity contribution in [2.24, 2.45) is 0 Å². The minimum Gasteiger partial charge on any atom is -0.478 e. The molecule has 5 nitrogen and oxygen atoms in total. The standard InChI is InChI=1S/C16H20F3N3O2/c1-3-24-14-11-12(2)10-13(20-14)21-6-8-22(9-7-21)15(23)4-5-16(17,18)19/h4-5,10-11H,3,6-9H2,1-2H3/b5-4+. The molecule has 2 rings (SSSR count). The molecule has 1 amide bonds. The van der Waals surface area contributed by atoms with Crippen LogP contribution in [0.4, 0.5) is 19.0 Å². The Labute approximate surface area is 138 Å². The molecule has 1 saturated heterocycles. The second kappa shape index (κ2) is 7.55. The van der Waals surface area contributed by atoms with Crippen molar-refractivity contribution < 1.29 is 22.7 Å². The fraction of sp³-hybridized carbons (Fsp3) is 0.500. The van der Waals surface area contributed by atoms with Crippen molar-refractivity contribution in [3.63, 3.8) is 0 Å². The maximum absolute atomic E-state index is 12.1. The molecule has 1 aromatic heterocycles. The van der Waals surface area contributed by atoms with E-state index < -0.39 is 12.1 Å². The number of carbonyl (C=O) groups is 1. The van der Waals surface area contributed by atoms with Gasteiger partial charge in [-0.2, -0.15) is 18.2 Å². The van der Waals surface area contributed by atoms with Crippen molar-refractivity contribution in [3.8, 4) is 5.88 Å². The van der Waals surface area contributed by atoms with E-state index in [9.17, 15) is 18.0 Å². The van der Waals surface area contributed by atoms with Crippen LogP contribution in [0.25, 0.3) is 0 Å². The number of allylic oxidation sites excluding steroid dienone is 1.